The Kier molecular flexibility index (Phi) is 9.74. The number of thioether (sulfide) groups is 1. The van der Waals surface area contributed by atoms with Crippen molar-refractivity contribution in [2.75, 3.05) is 33.4 Å². The molecule has 0 heterocycles. The number of aryl methyl sites for hydroxylation is 1. The lowest BCUT2D eigenvalue weighted by molar-refractivity contribution is -0.123. The summed E-state index contributed by atoms with van der Waals surface area (Å²) in [6, 6.07) is 8.48. The third-order valence-electron chi connectivity index (χ3n) is 4.23. The van der Waals surface area contributed by atoms with Crippen LogP contribution in [0.4, 0.5) is 0 Å². The van der Waals surface area contributed by atoms with E-state index in [-0.39, 0.29) is 23.1 Å². The van der Waals surface area contributed by atoms with Gasteiger partial charge in [0.2, 0.25) is 5.91 Å². The van der Waals surface area contributed by atoms with Crippen molar-refractivity contribution in [2.45, 2.75) is 42.2 Å². The highest BCUT2D eigenvalue weighted by Gasteiger charge is 2.41. The van der Waals surface area contributed by atoms with Crippen LogP contribution in [0.2, 0.25) is 0 Å². The molecular formula is C18H29ClN2O2S. The third-order valence-corrected chi connectivity index (χ3v) is 5.72. The zero-order valence-electron chi connectivity index (χ0n) is 14.6. The number of carbonyl (C=O) groups is 1. The number of benzene rings is 1. The van der Waals surface area contributed by atoms with Gasteiger partial charge in [0, 0.05) is 31.6 Å². The van der Waals surface area contributed by atoms with Crippen molar-refractivity contribution in [3.05, 3.63) is 29.8 Å². The summed E-state index contributed by atoms with van der Waals surface area (Å²) in [6.45, 7) is 5.04. The van der Waals surface area contributed by atoms with E-state index < -0.39 is 0 Å². The summed E-state index contributed by atoms with van der Waals surface area (Å²) < 4.78 is 4.70. The van der Waals surface area contributed by atoms with Gasteiger partial charge in [0.15, 0.2) is 0 Å². The molecule has 0 radical (unpaired) electrons. The molecular weight excluding hydrogens is 344 g/mol. The number of halogens is 1. The first-order valence-corrected chi connectivity index (χ1v) is 9.21. The second-order valence-electron chi connectivity index (χ2n) is 6.12. The molecule has 0 atom stereocenters. The maximum atomic E-state index is 12.7. The number of amides is 1. The molecule has 0 saturated heterocycles. The van der Waals surface area contributed by atoms with Gasteiger partial charge in [-0.1, -0.05) is 30.5 Å². The molecule has 24 heavy (non-hydrogen) atoms. The Labute approximate surface area is 155 Å². The second-order valence-corrected chi connectivity index (χ2v) is 7.57. The van der Waals surface area contributed by atoms with Crippen LogP contribution < -0.4 is 10.6 Å². The molecule has 0 aliphatic heterocycles. The van der Waals surface area contributed by atoms with E-state index in [0.29, 0.717) is 13.2 Å². The SMILES string of the molecule is COCCNCCNC(=O)C1(Sc2ccc(C)cc2)CCCC1.Cl. The van der Waals surface area contributed by atoms with Crippen LogP contribution in [-0.2, 0) is 9.53 Å². The average Bonchev–Trinajstić information content (AvgIpc) is 3.02. The summed E-state index contributed by atoms with van der Waals surface area (Å²) in [6.07, 6.45) is 4.21. The number of nitrogens with one attached hydrogen (secondary N) is 2. The van der Waals surface area contributed by atoms with E-state index in [1.807, 2.05) is 0 Å². The predicted molar refractivity (Wildman–Crippen MR) is 103 cm³/mol. The molecule has 0 unspecified atom stereocenters. The van der Waals surface area contributed by atoms with Gasteiger partial charge in [-0.05, 0) is 31.9 Å². The van der Waals surface area contributed by atoms with Gasteiger partial charge in [0.25, 0.3) is 0 Å². The van der Waals surface area contributed by atoms with Gasteiger partial charge in [-0.25, -0.2) is 0 Å². The number of carbonyl (C=O) groups excluding carboxylic acids is 1. The summed E-state index contributed by atoms with van der Waals surface area (Å²) in [4.78, 5) is 13.9. The molecule has 1 aromatic rings. The van der Waals surface area contributed by atoms with E-state index in [4.69, 9.17) is 4.74 Å². The number of hydrogen-bond donors (Lipinski definition) is 2. The van der Waals surface area contributed by atoms with Crippen molar-refractivity contribution >= 4 is 30.1 Å². The van der Waals surface area contributed by atoms with Crippen LogP contribution in [0.1, 0.15) is 31.2 Å². The molecule has 0 aromatic heterocycles. The number of hydrogen-bond acceptors (Lipinski definition) is 4. The fourth-order valence-electron chi connectivity index (χ4n) is 2.88. The Morgan fingerprint density at radius 2 is 1.83 bits per heavy atom. The van der Waals surface area contributed by atoms with Gasteiger partial charge in [-0.2, -0.15) is 0 Å². The zero-order valence-corrected chi connectivity index (χ0v) is 16.2. The largest absolute Gasteiger partial charge is 0.383 e. The van der Waals surface area contributed by atoms with Crippen LogP contribution in [-0.4, -0.2) is 44.0 Å². The Balaban J connectivity index is 0.00000288. The van der Waals surface area contributed by atoms with Crippen LogP contribution >= 0.6 is 24.2 Å². The molecule has 6 heteroatoms. The molecule has 2 N–H and O–H groups in total. The highest BCUT2D eigenvalue weighted by molar-refractivity contribution is 8.01. The molecule has 1 amide bonds. The fraction of sp³-hybridized carbons (Fsp3) is 0.611. The second kappa shape index (κ2) is 11.0. The van der Waals surface area contributed by atoms with Crippen LogP contribution in [0, 0.1) is 6.92 Å². The Morgan fingerprint density at radius 3 is 2.46 bits per heavy atom. The lowest BCUT2D eigenvalue weighted by atomic mass is 10.1. The highest BCUT2D eigenvalue weighted by Crippen LogP contribution is 2.45. The number of methoxy groups -OCH3 is 1. The zero-order chi connectivity index (χ0) is 16.5. The van der Waals surface area contributed by atoms with Crippen molar-refractivity contribution in [2.24, 2.45) is 0 Å². The summed E-state index contributed by atoms with van der Waals surface area (Å²) in [5.41, 5.74) is 1.25. The van der Waals surface area contributed by atoms with Gasteiger partial charge < -0.3 is 15.4 Å². The van der Waals surface area contributed by atoms with Gasteiger partial charge in [-0.3, -0.25) is 4.79 Å². The lowest BCUT2D eigenvalue weighted by Gasteiger charge is -2.27. The molecule has 1 aromatic carbocycles. The highest BCUT2D eigenvalue weighted by atomic mass is 35.5. The molecule has 1 saturated carbocycles. The Morgan fingerprint density at radius 1 is 1.17 bits per heavy atom. The molecule has 1 aliphatic carbocycles. The normalized spacial score (nSPS) is 15.8. The summed E-state index contributed by atoms with van der Waals surface area (Å²) in [5.74, 6) is 0.189. The van der Waals surface area contributed by atoms with Crippen molar-refractivity contribution in [3.63, 3.8) is 0 Å². The molecule has 2 rings (SSSR count). The summed E-state index contributed by atoms with van der Waals surface area (Å²) in [5, 5.41) is 6.37. The molecule has 1 fully saturated rings. The quantitative estimate of drug-likeness (QED) is 0.654. The van der Waals surface area contributed by atoms with Crippen LogP contribution in [0.3, 0.4) is 0 Å². The minimum atomic E-state index is -0.290. The van der Waals surface area contributed by atoms with Crippen LogP contribution in [0.15, 0.2) is 29.2 Å². The Bertz CT molecular complexity index is 490. The summed E-state index contributed by atoms with van der Waals surface area (Å²) in [7, 11) is 1.69. The number of ether oxygens (including phenoxy) is 1. The minimum absolute atomic E-state index is 0. The average molecular weight is 373 g/mol. The van der Waals surface area contributed by atoms with Crippen molar-refractivity contribution in [1.82, 2.24) is 10.6 Å². The van der Waals surface area contributed by atoms with Crippen LogP contribution in [0.25, 0.3) is 0 Å². The van der Waals surface area contributed by atoms with Crippen molar-refractivity contribution in [3.8, 4) is 0 Å². The first kappa shape index (κ1) is 21.3. The standard InChI is InChI=1S/C18H28N2O2S.ClH/c1-15-5-7-16(8-6-15)23-18(9-3-4-10-18)17(21)20-12-11-19-13-14-22-2;/h5-8,19H,3-4,9-14H2,1-2H3,(H,20,21);1H. The van der Waals surface area contributed by atoms with E-state index in [0.717, 1.165) is 38.8 Å². The Hall–Kier alpha value is -0.750. The number of rotatable bonds is 9. The van der Waals surface area contributed by atoms with E-state index in [1.165, 1.54) is 10.5 Å². The van der Waals surface area contributed by atoms with Crippen LogP contribution in [0.5, 0.6) is 0 Å². The molecule has 4 nitrogen and oxygen atoms in total. The topological polar surface area (TPSA) is 50.4 Å². The first-order chi connectivity index (χ1) is 11.2. The first-order valence-electron chi connectivity index (χ1n) is 8.40. The maximum absolute atomic E-state index is 12.7. The third kappa shape index (κ3) is 6.28. The van der Waals surface area contributed by atoms with Gasteiger partial charge >= 0.3 is 0 Å². The fourth-order valence-corrected chi connectivity index (χ4v) is 4.26. The predicted octanol–water partition coefficient (Wildman–Crippen LogP) is 3.17. The maximum Gasteiger partial charge on any atom is 0.236 e. The van der Waals surface area contributed by atoms with E-state index in [1.54, 1.807) is 18.9 Å². The minimum Gasteiger partial charge on any atom is -0.383 e. The van der Waals surface area contributed by atoms with Gasteiger partial charge in [0.1, 0.15) is 0 Å². The van der Waals surface area contributed by atoms with E-state index in [9.17, 15) is 4.79 Å². The monoisotopic (exact) mass is 372 g/mol. The summed E-state index contributed by atoms with van der Waals surface area (Å²) >= 11 is 1.73. The lowest BCUT2D eigenvalue weighted by Crippen LogP contribution is -2.44. The molecule has 0 bridgehead atoms. The van der Waals surface area contributed by atoms with Crippen molar-refractivity contribution < 1.29 is 9.53 Å². The molecule has 0 spiro atoms. The van der Waals surface area contributed by atoms with Gasteiger partial charge in [0.05, 0.1) is 11.4 Å². The van der Waals surface area contributed by atoms with Crippen molar-refractivity contribution in [1.29, 1.82) is 0 Å². The molecule has 1 aliphatic rings. The van der Waals surface area contributed by atoms with E-state index >= 15 is 0 Å². The van der Waals surface area contributed by atoms with E-state index in [2.05, 4.69) is 41.8 Å². The van der Waals surface area contributed by atoms with Gasteiger partial charge in [-0.15, -0.1) is 24.2 Å². The molecule has 136 valence electrons. The smallest absolute Gasteiger partial charge is 0.236 e.